The molecular weight excluding hydrogens is 292 g/mol. The molecule has 2 aliphatic carbocycles. The third kappa shape index (κ3) is 3.43. The highest BCUT2D eigenvalue weighted by molar-refractivity contribution is 5.93. The minimum atomic E-state index is -0.757. The number of nitrogens with one attached hydrogen (secondary N) is 1. The topological polar surface area (TPSA) is 60.3 Å². The molecule has 126 valence electrons. The minimum absolute atomic E-state index is 0.193. The predicted octanol–water partition coefficient (Wildman–Crippen LogP) is 3.04. The molecule has 2 aliphatic rings. The standard InChI is InChI=1S/C18H26N2O3/c1-11-10-16(12(2)20(11)15-8-9-15)18(22)23-13(3)17(21)19-14-6-4-5-7-14/h10,13-15H,4-9H2,1-3H3,(H,19,21)/t13-/m0/s1. The lowest BCUT2D eigenvalue weighted by atomic mass is 10.2. The lowest BCUT2D eigenvalue weighted by molar-refractivity contribution is -0.129. The molecule has 2 saturated carbocycles. The van der Waals surface area contributed by atoms with Crippen molar-refractivity contribution in [2.24, 2.45) is 0 Å². The van der Waals surface area contributed by atoms with E-state index in [4.69, 9.17) is 4.74 Å². The smallest absolute Gasteiger partial charge is 0.340 e. The summed E-state index contributed by atoms with van der Waals surface area (Å²) in [6.07, 6.45) is 5.95. The molecule has 1 N–H and O–H groups in total. The number of nitrogens with zero attached hydrogens (tertiary/aromatic N) is 1. The number of hydrogen-bond acceptors (Lipinski definition) is 3. The highest BCUT2D eigenvalue weighted by atomic mass is 16.5. The van der Waals surface area contributed by atoms with Crippen LogP contribution in [0.3, 0.4) is 0 Å². The van der Waals surface area contributed by atoms with Gasteiger partial charge in [0, 0.05) is 23.5 Å². The van der Waals surface area contributed by atoms with Crippen molar-refractivity contribution < 1.29 is 14.3 Å². The molecule has 23 heavy (non-hydrogen) atoms. The lowest BCUT2D eigenvalue weighted by Crippen LogP contribution is -2.40. The van der Waals surface area contributed by atoms with E-state index >= 15 is 0 Å². The maximum atomic E-state index is 12.4. The third-order valence-corrected chi connectivity index (χ3v) is 4.97. The Balaban J connectivity index is 1.62. The molecular formula is C18H26N2O3. The van der Waals surface area contributed by atoms with Crippen molar-refractivity contribution in [3.8, 4) is 0 Å². The van der Waals surface area contributed by atoms with Gasteiger partial charge in [-0.05, 0) is 52.5 Å². The van der Waals surface area contributed by atoms with Gasteiger partial charge in [0.1, 0.15) is 0 Å². The van der Waals surface area contributed by atoms with Crippen molar-refractivity contribution in [2.45, 2.75) is 77.5 Å². The summed E-state index contributed by atoms with van der Waals surface area (Å²) in [5.74, 6) is -0.597. The number of amides is 1. The van der Waals surface area contributed by atoms with Crippen LogP contribution >= 0.6 is 0 Å². The molecule has 0 saturated heterocycles. The number of aromatic nitrogens is 1. The van der Waals surface area contributed by atoms with E-state index in [1.165, 1.54) is 12.8 Å². The van der Waals surface area contributed by atoms with E-state index in [2.05, 4.69) is 9.88 Å². The fraction of sp³-hybridized carbons (Fsp3) is 0.667. The van der Waals surface area contributed by atoms with Gasteiger partial charge in [0.15, 0.2) is 6.10 Å². The maximum absolute atomic E-state index is 12.4. The first-order chi connectivity index (χ1) is 11.0. The third-order valence-electron chi connectivity index (χ3n) is 4.97. The molecule has 0 bridgehead atoms. The number of esters is 1. The van der Waals surface area contributed by atoms with Crippen molar-refractivity contribution in [1.82, 2.24) is 9.88 Å². The summed E-state index contributed by atoms with van der Waals surface area (Å²) in [6.45, 7) is 5.60. The second kappa shape index (κ2) is 6.38. The average molecular weight is 318 g/mol. The quantitative estimate of drug-likeness (QED) is 0.849. The summed E-state index contributed by atoms with van der Waals surface area (Å²) in [5, 5.41) is 2.97. The van der Waals surface area contributed by atoms with Crippen LogP contribution in [0.1, 0.15) is 73.2 Å². The summed E-state index contributed by atoms with van der Waals surface area (Å²) in [5.41, 5.74) is 2.60. The van der Waals surface area contributed by atoms with Crippen molar-refractivity contribution in [3.05, 3.63) is 23.0 Å². The first kappa shape index (κ1) is 16.1. The Labute approximate surface area is 137 Å². The zero-order chi connectivity index (χ0) is 16.6. The molecule has 0 spiro atoms. The molecule has 1 aromatic heterocycles. The van der Waals surface area contributed by atoms with Crippen LogP contribution in [0, 0.1) is 13.8 Å². The van der Waals surface area contributed by atoms with E-state index in [0.29, 0.717) is 11.6 Å². The number of hydrogen-bond donors (Lipinski definition) is 1. The highest BCUT2D eigenvalue weighted by Gasteiger charge is 2.30. The van der Waals surface area contributed by atoms with Gasteiger partial charge >= 0.3 is 5.97 Å². The van der Waals surface area contributed by atoms with Gasteiger partial charge in [-0.25, -0.2) is 4.79 Å². The Morgan fingerprint density at radius 2 is 1.87 bits per heavy atom. The van der Waals surface area contributed by atoms with E-state index in [1.54, 1.807) is 6.92 Å². The zero-order valence-corrected chi connectivity index (χ0v) is 14.2. The van der Waals surface area contributed by atoms with Gasteiger partial charge < -0.3 is 14.6 Å². The summed E-state index contributed by atoms with van der Waals surface area (Å²) in [4.78, 5) is 24.6. The summed E-state index contributed by atoms with van der Waals surface area (Å²) in [7, 11) is 0. The minimum Gasteiger partial charge on any atom is -0.449 e. The molecule has 1 aromatic rings. The van der Waals surface area contributed by atoms with Gasteiger partial charge in [-0.2, -0.15) is 0 Å². The molecule has 5 heteroatoms. The maximum Gasteiger partial charge on any atom is 0.340 e. The van der Waals surface area contributed by atoms with Crippen LogP contribution in [0.2, 0.25) is 0 Å². The first-order valence-corrected chi connectivity index (χ1v) is 8.67. The van der Waals surface area contributed by atoms with Crippen molar-refractivity contribution in [2.75, 3.05) is 0 Å². The fourth-order valence-corrected chi connectivity index (χ4v) is 3.54. The Bertz CT molecular complexity index is 610. The van der Waals surface area contributed by atoms with Crippen molar-refractivity contribution >= 4 is 11.9 Å². The average Bonchev–Trinajstić information content (AvgIpc) is 3.10. The van der Waals surface area contributed by atoms with E-state index in [-0.39, 0.29) is 11.9 Å². The molecule has 0 radical (unpaired) electrons. The normalized spacial score (nSPS) is 19.6. The van der Waals surface area contributed by atoms with Crippen molar-refractivity contribution in [1.29, 1.82) is 0 Å². The second-order valence-corrected chi connectivity index (χ2v) is 6.92. The number of aryl methyl sites for hydroxylation is 1. The van der Waals surface area contributed by atoms with Crippen LogP contribution in [-0.2, 0) is 9.53 Å². The van der Waals surface area contributed by atoms with Crippen LogP contribution < -0.4 is 5.32 Å². The van der Waals surface area contributed by atoms with Crippen molar-refractivity contribution in [3.63, 3.8) is 0 Å². The van der Waals surface area contributed by atoms with Crippen LogP contribution in [0.25, 0.3) is 0 Å². The van der Waals surface area contributed by atoms with E-state index in [1.807, 2.05) is 19.9 Å². The van der Waals surface area contributed by atoms with E-state index in [0.717, 1.165) is 37.1 Å². The molecule has 1 heterocycles. The highest BCUT2D eigenvalue weighted by Crippen LogP contribution is 2.38. The van der Waals surface area contributed by atoms with Gasteiger partial charge in [0.25, 0.3) is 5.91 Å². The Morgan fingerprint density at radius 1 is 1.22 bits per heavy atom. The number of rotatable bonds is 5. The van der Waals surface area contributed by atoms with Gasteiger partial charge in [-0.1, -0.05) is 12.8 Å². The number of carbonyl (C=O) groups is 2. The molecule has 0 unspecified atom stereocenters. The van der Waals surface area contributed by atoms with Crippen LogP contribution in [0.4, 0.5) is 0 Å². The Morgan fingerprint density at radius 3 is 2.48 bits per heavy atom. The fourth-order valence-electron chi connectivity index (χ4n) is 3.54. The summed E-state index contributed by atoms with van der Waals surface area (Å²) in [6, 6.07) is 2.64. The van der Waals surface area contributed by atoms with Gasteiger partial charge in [-0.3, -0.25) is 4.79 Å². The van der Waals surface area contributed by atoms with E-state index in [9.17, 15) is 9.59 Å². The van der Waals surface area contributed by atoms with Gasteiger partial charge in [0.05, 0.1) is 5.56 Å². The summed E-state index contributed by atoms with van der Waals surface area (Å²) < 4.78 is 7.60. The molecule has 5 nitrogen and oxygen atoms in total. The molecule has 0 aliphatic heterocycles. The molecule has 2 fully saturated rings. The lowest BCUT2D eigenvalue weighted by Gasteiger charge is -2.17. The largest absolute Gasteiger partial charge is 0.449 e. The van der Waals surface area contributed by atoms with E-state index < -0.39 is 12.1 Å². The number of ether oxygens (including phenoxy) is 1. The van der Waals surface area contributed by atoms with Gasteiger partial charge in [0.2, 0.25) is 0 Å². The second-order valence-electron chi connectivity index (χ2n) is 6.92. The van der Waals surface area contributed by atoms with Crippen LogP contribution in [-0.4, -0.2) is 28.6 Å². The molecule has 1 atom stereocenters. The first-order valence-electron chi connectivity index (χ1n) is 8.67. The molecule has 1 amide bonds. The number of carbonyl (C=O) groups excluding carboxylic acids is 2. The zero-order valence-electron chi connectivity index (χ0n) is 14.2. The summed E-state index contributed by atoms with van der Waals surface area (Å²) >= 11 is 0. The van der Waals surface area contributed by atoms with Crippen LogP contribution in [0.15, 0.2) is 6.07 Å². The molecule has 3 rings (SSSR count). The monoisotopic (exact) mass is 318 g/mol. The Hall–Kier alpha value is -1.78. The predicted molar refractivity (Wildman–Crippen MR) is 87.5 cm³/mol. The molecule has 0 aromatic carbocycles. The van der Waals surface area contributed by atoms with Crippen LogP contribution in [0.5, 0.6) is 0 Å². The Kier molecular flexibility index (Phi) is 4.46. The SMILES string of the molecule is Cc1cc(C(=O)O[C@@H](C)C(=O)NC2CCCC2)c(C)n1C1CC1. The van der Waals surface area contributed by atoms with Gasteiger partial charge in [-0.15, -0.1) is 0 Å².